The lowest BCUT2D eigenvalue weighted by atomic mass is 10.1. The van der Waals surface area contributed by atoms with Gasteiger partial charge in [-0.25, -0.2) is 4.98 Å². The minimum absolute atomic E-state index is 0.206. The van der Waals surface area contributed by atoms with Crippen molar-refractivity contribution in [3.8, 4) is 0 Å². The molecule has 0 bridgehead atoms. The van der Waals surface area contributed by atoms with Gasteiger partial charge in [-0.05, 0) is 30.7 Å². The highest BCUT2D eigenvalue weighted by Crippen LogP contribution is 2.22. The van der Waals surface area contributed by atoms with E-state index >= 15 is 0 Å². The van der Waals surface area contributed by atoms with Gasteiger partial charge in [0.2, 0.25) is 0 Å². The summed E-state index contributed by atoms with van der Waals surface area (Å²) in [7, 11) is 1.96. The number of hydrogen-bond acceptors (Lipinski definition) is 3. The molecule has 0 aliphatic carbocycles. The van der Waals surface area contributed by atoms with Crippen molar-refractivity contribution >= 4 is 28.8 Å². The maximum atomic E-state index is 13.0. The highest BCUT2D eigenvalue weighted by atomic mass is 16.2. The van der Waals surface area contributed by atoms with E-state index in [0.29, 0.717) is 12.1 Å². The van der Waals surface area contributed by atoms with Crippen LogP contribution in [0.2, 0.25) is 0 Å². The van der Waals surface area contributed by atoms with Gasteiger partial charge in [-0.1, -0.05) is 36.4 Å². The minimum atomic E-state index is -0.328. The van der Waals surface area contributed by atoms with E-state index in [9.17, 15) is 9.59 Å². The molecular weight excluding hydrogens is 402 g/mol. The van der Waals surface area contributed by atoms with Gasteiger partial charge in [0.15, 0.2) is 0 Å². The van der Waals surface area contributed by atoms with Crippen LogP contribution in [-0.4, -0.2) is 32.5 Å². The van der Waals surface area contributed by atoms with Crippen LogP contribution in [0.5, 0.6) is 0 Å². The van der Waals surface area contributed by atoms with E-state index in [1.165, 1.54) is 0 Å². The smallest absolute Gasteiger partial charge is 0.267 e. The molecule has 4 aromatic rings. The molecule has 0 fully saturated rings. The van der Waals surface area contributed by atoms with Gasteiger partial charge in [-0.3, -0.25) is 9.59 Å². The van der Waals surface area contributed by atoms with Crippen molar-refractivity contribution in [3.63, 3.8) is 0 Å². The Morgan fingerprint density at radius 1 is 1.06 bits per heavy atom. The molecule has 4 rings (SSSR count). The summed E-state index contributed by atoms with van der Waals surface area (Å²) in [6, 6.07) is 16.8. The van der Waals surface area contributed by atoms with E-state index in [2.05, 4.69) is 15.6 Å². The van der Waals surface area contributed by atoms with E-state index in [0.717, 1.165) is 29.4 Å². The Bertz CT molecular complexity index is 1240. The van der Waals surface area contributed by atoms with Crippen molar-refractivity contribution in [3.05, 3.63) is 96.3 Å². The molecule has 2 aromatic carbocycles. The molecular formula is C25H25N5O2. The largest absolute Gasteiger partial charge is 0.351 e. The number of fused-ring (bicyclic) bond motifs is 1. The number of benzene rings is 2. The van der Waals surface area contributed by atoms with Gasteiger partial charge in [0.25, 0.3) is 11.8 Å². The summed E-state index contributed by atoms with van der Waals surface area (Å²) in [5, 5.41) is 6.72. The normalized spacial score (nSPS) is 11.5. The maximum absolute atomic E-state index is 13.0. The predicted molar refractivity (Wildman–Crippen MR) is 125 cm³/mol. The second-order valence-electron chi connectivity index (χ2n) is 7.50. The van der Waals surface area contributed by atoms with E-state index in [-0.39, 0.29) is 17.5 Å². The zero-order chi connectivity index (χ0) is 22.3. The fraction of sp³-hybridized carbons (Fsp3) is 0.160. The van der Waals surface area contributed by atoms with Crippen LogP contribution in [0.4, 0.5) is 0 Å². The molecule has 0 atom stereocenters. The molecule has 0 aliphatic heterocycles. The van der Waals surface area contributed by atoms with Gasteiger partial charge in [-0.15, -0.1) is 0 Å². The Hall–Kier alpha value is -4.13. The lowest BCUT2D eigenvalue weighted by molar-refractivity contribution is -0.117. The van der Waals surface area contributed by atoms with E-state index < -0.39 is 0 Å². The summed E-state index contributed by atoms with van der Waals surface area (Å²) in [5.41, 5.74) is 2.61. The third kappa shape index (κ3) is 4.95. The third-order valence-electron chi connectivity index (χ3n) is 5.19. The van der Waals surface area contributed by atoms with E-state index in [1.807, 2.05) is 58.9 Å². The van der Waals surface area contributed by atoms with Crippen LogP contribution in [0.3, 0.4) is 0 Å². The maximum Gasteiger partial charge on any atom is 0.267 e. The summed E-state index contributed by atoms with van der Waals surface area (Å²) >= 11 is 0. The lowest BCUT2D eigenvalue weighted by Crippen LogP contribution is -2.35. The summed E-state index contributed by atoms with van der Waals surface area (Å²) < 4.78 is 3.96. The van der Waals surface area contributed by atoms with Gasteiger partial charge in [0.1, 0.15) is 5.70 Å². The monoisotopic (exact) mass is 427 g/mol. The van der Waals surface area contributed by atoms with Crippen molar-refractivity contribution < 1.29 is 9.59 Å². The van der Waals surface area contributed by atoms with Crippen molar-refractivity contribution in [2.45, 2.75) is 13.0 Å². The lowest BCUT2D eigenvalue weighted by Gasteiger charge is -2.11. The molecule has 0 spiro atoms. The molecule has 7 heteroatoms. The summed E-state index contributed by atoms with van der Waals surface area (Å²) in [5.74, 6) is -0.654. The van der Waals surface area contributed by atoms with Crippen LogP contribution in [0.25, 0.3) is 17.0 Å². The Labute approximate surface area is 186 Å². The molecule has 2 heterocycles. The van der Waals surface area contributed by atoms with Crippen LogP contribution < -0.4 is 10.6 Å². The third-order valence-corrected chi connectivity index (χ3v) is 5.19. The van der Waals surface area contributed by atoms with Crippen LogP contribution >= 0.6 is 0 Å². The topological polar surface area (TPSA) is 81.0 Å². The highest BCUT2D eigenvalue weighted by Gasteiger charge is 2.15. The number of carbonyl (C=O) groups excluding carboxylic acids is 2. The summed E-state index contributed by atoms with van der Waals surface area (Å²) in [6.45, 7) is 1.23. The first-order valence-corrected chi connectivity index (χ1v) is 10.5. The second-order valence-corrected chi connectivity index (χ2v) is 7.50. The van der Waals surface area contributed by atoms with Crippen molar-refractivity contribution in [1.82, 2.24) is 24.8 Å². The number of imidazole rings is 1. The number of hydrogen-bond donors (Lipinski definition) is 2. The Kier molecular flexibility index (Phi) is 6.46. The summed E-state index contributed by atoms with van der Waals surface area (Å²) in [4.78, 5) is 29.8. The first-order valence-electron chi connectivity index (χ1n) is 10.5. The average molecular weight is 428 g/mol. The van der Waals surface area contributed by atoms with E-state index in [4.69, 9.17) is 0 Å². The molecule has 0 aliphatic rings. The van der Waals surface area contributed by atoms with Crippen LogP contribution in [0.15, 0.2) is 85.2 Å². The molecule has 0 saturated heterocycles. The molecule has 0 unspecified atom stereocenters. The average Bonchev–Trinajstić information content (AvgIpc) is 3.45. The molecule has 0 saturated carbocycles. The molecule has 7 nitrogen and oxygen atoms in total. The number of aromatic nitrogens is 3. The minimum Gasteiger partial charge on any atom is -0.351 e. The quantitative estimate of drug-likeness (QED) is 0.334. The number of aryl methyl sites for hydroxylation is 2. The van der Waals surface area contributed by atoms with Crippen LogP contribution in [-0.2, 0) is 18.4 Å². The zero-order valence-electron chi connectivity index (χ0n) is 17.9. The number of amides is 2. The Balaban J connectivity index is 1.55. The van der Waals surface area contributed by atoms with E-state index in [1.54, 1.807) is 42.9 Å². The molecule has 32 heavy (non-hydrogen) atoms. The number of nitrogens with one attached hydrogen (secondary N) is 2. The molecule has 162 valence electrons. The molecule has 2 amide bonds. The summed E-state index contributed by atoms with van der Waals surface area (Å²) in [6.07, 6.45) is 9.78. The molecule has 2 N–H and O–H groups in total. The fourth-order valence-electron chi connectivity index (χ4n) is 3.56. The predicted octanol–water partition coefficient (Wildman–Crippen LogP) is 3.35. The van der Waals surface area contributed by atoms with Crippen LogP contribution in [0, 0.1) is 0 Å². The van der Waals surface area contributed by atoms with Gasteiger partial charge in [-0.2, -0.15) is 0 Å². The Morgan fingerprint density at radius 2 is 1.84 bits per heavy atom. The van der Waals surface area contributed by atoms with Gasteiger partial charge in [0, 0.05) is 60.8 Å². The number of nitrogens with zero attached hydrogens (tertiary/aromatic N) is 3. The molecule has 0 radical (unpaired) electrons. The second kappa shape index (κ2) is 9.78. The zero-order valence-corrected chi connectivity index (χ0v) is 17.9. The SMILES string of the molecule is Cn1cc(C=C(NC(=O)c2ccccc2)C(=O)NCCCn2ccnc2)c2ccccc21. The fourth-order valence-corrected chi connectivity index (χ4v) is 3.56. The van der Waals surface area contributed by atoms with Crippen molar-refractivity contribution in [2.24, 2.45) is 7.05 Å². The van der Waals surface area contributed by atoms with Gasteiger partial charge >= 0.3 is 0 Å². The van der Waals surface area contributed by atoms with Crippen molar-refractivity contribution in [2.75, 3.05) is 6.54 Å². The first kappa shape index (κ1) is 21.1. The van der Waals surface area contributed by atoms with Gasteiger partial charge in [0.05, 0.1) is 6.33 Å². The first-order chi connectivity index (χ1) is 15.6. The van der Waals surface area contributed by atoms with Crippen LogP contribution in [0.1, 0.15) is 22.3 Å². The standard InChI is InChI=1S/C25H25N5O2/c1-29-17-20(21-10-5-6-11-23(21)29)16-22(28-24(31)19-8-3-2-4-9-19)25(32)27-12-7-14-30-15-13-26-18-30/h2-6,8-11,13,15-18H,7,12,14H2,1H3,(H,27,32)(H,28,31). The van der Waals surface area contributed by atoms with Gasteiger partial charge < -0.3 is 19.8 Å². The van der Waals surface area contributed by atoms with Crippen molar-refractivity contribution in [1.29, 1.82) is 0 Å². The number of carbonyl (C=O) groups is 2. The Morgan fingerprint density at radius 3 is 2.62 bits per heavy atom. The molecule has 2 aromatic heterocycles. The number of para-hydroxylation sites is 1. The number of rotatable bonds is 8. The highest BCUT2D eigenvalue weighted by molar-refractivity contribution is 6.06.